The van der Waals surface area contributed by atoms with Gasteiger partial charge < -0.3 is 4.90 Å². The van der Waals surface area contributed by atoms with E-state index in [4.69, 9.17) is 23.2 Å². The van der Waals surface area contributed by atoms with Gasteiger partial charge in [-0.1, -0.05) is 41.4 Å². The Morgan fingerprint density at radius 1 is 1.21 bits per heavy atom. The van der Waals surface area contributed by atoms with Crippen molar-refractivity contribution in [3.05, 3.63) is 57.8 Å². The first-order chi connectivity index (χ1) is 9.11. The lowest BCUT2D eigenvalue weighted by Crippen LogP contribution is -2.23. The Morgan fingerprint density at radius 3 is 2.58 bits per heavy atom. The normalized spacial score (nSPS) is 10.5. The monoisotopic (exact) mass is 294 g/mol. The highest BCUT2D eigenvalue weighted by Gasteiger charge is 2.10. The van der Waals surface area contributed by atoms with Crippen molar-refractivity contribution >= 4 is 28.9 Å². The molecule has 0 N–H and O–H groups in total. The van der Waals surface area contributed by atoms with Crippen molar-refractivity contribution in [3.8, 4) is 0 Å². The van der Waals surface area contributed by atoms with Crippen LogP contribution in [0.1, 0.15) is 18.1 Å². The largest absolute Gasteiger partial charge is 0.367 e. The number of aromatic nitrogens is 1. The first-order valence-corrected chi connectivity index (χ1v) is 6.98. The van der Waals surface area contributed by atoms with Crippen LogP contribution in [0.15, 0.2) is 36.5 Å². The molecular weight excluding hydrogens is 279 g/mol. The predicted octanol–water partition coefficient (Wildman–Crippen LogP) is 4.72. The number of anilines is 1. The van der Waals surface area contributed by atoms with Crippen molar-refractivity contribution in [3.63, 3.8) is 0 Å². The molecule has 0 saturated heterocycles. The maximum absolute atomic E-state index is 6.21. The van der Waals surface area contributed by atoms with Gasteiger partial charge in [-0.25, -0.2) is 4.98 Å². The quantitative estimate of drug-likeness (QED) is 0.758. The summed E-state index contributed by atoms with van der Waals surface area (Å²) in [6.07, 6.45) is 1.74. The van der Waals surface area contributed by atoms with Crippen LogP contribution in [-0.4, -0.2) is 11.5 Å². The van der Waals surface area contributed by atoms with Gasteiger partial charge in [0.25, 0.3) is 0 Å². The summed E-state index contributed by atoms with van der Waals surface area (Å²) in [5, 5.41) is 1.08. The molecule has 0 spiro atoms. The Morgan fingerprint density at radius 2 is 1.95 bits per heavy atom. The minimum Gasteiger partial charge on any atom is -0.367 e. The van der Waals surface area contributed by atoms with Crippen LogP contribution in [0.3, 0.4) is 0 Å². The minimum atomic E-state index is 0.424. The zero-order chi connectivity index (χ0) is 13.8. The molecule has 0 radical (unpaired) electrons. The number of rotatable bonds is 4. The van der Waals surface area contributed by atoms with Gasteiger partial charge in [0.05, 0.1) is 5.02 Å². The number of halogens is 2. The number of hydrogen-bond donors (Lipinski definition) is 0. The lowest BCUT2D eigenvalue weighted by Gasteiger charge is -2.25. The van der Waals surface area contributed by atoms with Crippen LogP contribution in [0.2, 0.25) is 10.2 Å². The van der Waals surface area contributed by atoms with Crippen LogP contribution in [0.5, 0.6) is 0 Å². The number of nitrogens with zero attached hydrogens (tertiary/aromatic N) is 2. The van der Waals surface area contributed by atoms with Crippen LogP contribution in [0.4, 0.5) is 5.69 Å². The molecule has 0 aliphatic rings. The summed E-state index contributed by atoms with van der Waals surface area (Å²) in [5.41, 5.74) is 3.45. The third kappa shape index (κ3) is 3.40. The molecule has 100 valence electrons. The molecule has 0 amide bonds. The van der Waals surface area contributed by atoms with E-state index in [1.54, 1.807) is 12.3 Å². The van der Waals surface area contributed by atoms with Gasteiger partial charge in [0, 0.05) is 30.5 Å². The van der Waals surface area contributed by atoms with Crippen molar-refractivity contribution in [2.24, 2.45) is 0 Å². The molecular formula is C15H16Cl2N2. The molecule has 0 fully saturated rings. The van der Waals surface area contributed by atoms with Gasteiger partial charge in [-0.05, 0) is 31.5 Å². The lowest BCUT2D eigenvalue weighted by molar-refractivity contribution is 0.824. The summed E-state index contributed by atoms with van der Waals surface area (Å²) in [7, 11) is 0. The average Bonchev–Trinajstić information content (AvgIpc) is 2.39. The highest BCUT2D eigenvalue weighted by Crippen LogP contribution is 2.25. The van der Waals surface area contributed by atoms with Crippen LogP contribution in [-0.2, 0) is 6.54 Å². The number of benzene rings is 1. The van der Waals surface area contributed by atoms with E-state index >= 15 is 0 Å². The van der Waals surface area contributed by atoms with E-state index in [1.165, 1.54) is 11.3 Å². The summed E-state index contributed by atoms with van der Waals surface area (Å²) in [6.45, 7) is 5.87. The fourth-order valence-corrected chi connectivity index (χ4v) is 2.47. The SMILES string of the molecule is CCN(Cc1cnc(Cl)cc1Cl)c1ccccc1C. The van der Waals surface area contributed by atoms with Crippen LogP contribution in [0.25, 0.3) is 0 Å². The first kappa shape index (κ1) is 14.2. The van der Waals surface area contributed by atoms with E-state index in [1.807, 2.05) is 12.1 Å². The van der Waals surface area contributed by atoms with Gasteiger partial charge in [-0.15, -0.1) is 0 Å². The molecule has 2 aromatic rings. The minimum absolute atomic E-state index is 0.424. The van der Waals surface area contributed by atoms with Crippen molar-refractivity contribution < 1.29 is 0 Å². The number of aryl methyl sites for hydroxylation is 1. The number of pyridine rings is 1. The van der Waals surface area contributed by atoms with Crippen molar-refractivity contribution in [1.82, 2.24) is 4.98 Å². The van der Waals surface area contributed by atoms with Gasteiger partial charge in [0.2, 0.25) is 0 Å². The van der Waals surface area contributed by atoms with Gasteiger partial charge >= 0.3 is 0 Å². The number of hydrogen-bond acceptors (Lipinski definition) is 2. The third-order valence-corrected chi connectivity index (χ3v) is 3.65. The molecule has 0 unspecified atom stereocenters. The fourth-order valence-electron chi connectivity index (χ4n) is 2.04. The Kier molecular flexibility index (Phi) is 4.67. The van der Waals surface area contributed by atoms with E-state index in [0.717, 1.165) is 18.7 Å². The fraction of sp³-hybridized carbons (Fsp3) is 0.267. The maximum Gasteiger partial charge on any atom is 0.130 e. The second kappa shape index (κ2) is 6.27. The standard InChI is InChI=1S/C15H16Cl2N2/c1-3-19(14-7-5-4-6-11(14)2)10-12-9-18-15(17)8-13(12)16/h4-9H,3,10H2,1-2H3. The highest BCUT2D eigenvalue weighted by atomic mass is 35.5. The van der Waals surface area contributed by atoms with Gasteiger partial charge in [0.1, 0.15) is 5.15 Å². The molecule has 0 bridgehead atoms. The number of para-hydroxylation sites is 1. The van der Waals surface area contributed by atoms with E-state index in [2.05, 4.69) is 35.9 Å². The zero-order valence-corrected chi connectivity index (χ0v) is 12.5. The molecule has 1 heterocycles. The molecule has 0 saturated carbocycles. The Balaban J connectivity index is 2.27. The summed E-state index contributed by atoms with van der Waals surface area (Å²) < 4.78 is 0. The molecule has 2 nitrogen and oxygen atoms in total. The Labute approximate surface area is 124 Å². The van der Waals surface area contributed by atoms with Crippen molar-refractivity contribution in [2.75, 3.05) is 11.4 Å². The molecule has 1 aromatic carbocycles. The molecule has 0 aliphatic carbocycles. The maximum atomic E-state index is 6.21. The van der Waals surface area contributed by atoms with Gasteiger partial charge in [0.15, 0.2) is 0 Å². The Hall–Kier alpha value is -1.25. The van der Waals surface area contributed by atoms with Crippen LogP contribution < -0.4 is 4.90 Å². The third-order valence-electron chi connectivity index (χ3n) is 3.10. The zero-order valence-electron chi connectivity index (χ0n) is 11.0. The van der Waals surface area contributed by atoms with Crippen molar-refractivity contribution in [1.29, 1.82) is 0 Å². The lowest BCUT2D eigenvalue weighted by atomic mass is 10.1. The molecule has 0 atom stereocenters. The van der Waals surface area contributed by atoms with Crippen molar-refractivity contribution in [2.45, 2.75) is 20.4 Å². The van der Waals surface area contributed by atoms with Crippen LogP contribution >= 0.6 is 23.2 Å². The topological polar surface area (TPSA) is 16.1 Å². The molecule has 1 aromatic heterocycles. The summed E-state index contributed by atoms with van der Waals surface area (Å²) >= 11 is 12.0. The molecule has 0 aliphatic heterocycles. The van der Waals surface area contributed by atoms with E-state index in [0.29, 0.717) is 10.2 Å². The van der Waals surface area contributed by atoms with Gasteiger partial charge in [-0.2, -0.15) is 0 Å². The molecule has 4 heteroatoms. The molecule has 19 heavy (non-hydrogen) atoms. The molecule has 2 rings (SSSR count). The summed E-state index contributed by atoms with van der Waals surface area (Å²) in [5.74, 6) is 0. The second-order valence-corrected chi connectivity index (χ2v) is 5.19. The Bertz CT molecular complexity index is 570. The van der Waals surface area contributed by atoms with Crippen LogP contribution in [0, 0.1) is 6.92 Å². The highest BCUT2D eigenvalue weighted by molar-refractivity contribution is 6.34. The van der Waals surface area contributed by atoms with Gasteiger partial charge in [-0.3, -0.25) is 0 Å². The summed E-state index contributed by atoms with van der Waals surface area (Å²) in [4.78, 5) is 6.37. The second-order valence-electron chi connectivity index (χ2n) is 4.40. The summed E-state index contributed by atoms with van der Waals surface area (Å²) in [6, 6.07) is 10.0. The van der Waals surface area contributed by atoms with E-state index < -0.39 is 0 Å². The van der Waals surface area contributed by atoms with E-state index in [-0.39, 0.29) is 0 Å². The first-order valence-electron chi connectivity index (χ1n) is 6.22. The predicted molar refractivity (Wildman–Crippen MR) is 82.2 cm³/mol. The van der Waals surface area contributed by atoms with E-state index in [9.17, 15) is 0 Å². The average molecular weight is 295 g/mol. The smallest absolute Gasteiger partial charge is 0.130 e.